The molecule has 1 saturated carbocycles. The average Bonchev–Trinajstić information content (AvgIpc) is 3.33. The summed E-state index contributed by atoms with van der Waals surface area (Å²) in [6.45, 7) is 4.18. The molecule has 130 valence electrons. The standard InChI is InChI=1S/C16H22N4O4/c1-16(3-4-16)15(24)20-6-2-5-19(7-8-20)13(22)10-11-9-12(21)17-18-14(11)23/h9H,2-8,10H2,1H3,(H,17,21)(H,18,23). The fourth-order valence-electron chi connectivity index (χ4n) is 3.02. The molecule has 0 atom stereocenters. The molecular formula is C16H22N4O4. The van der Waals surface area contributed by atoms with Gasteiger partial charge in [0.15, 0.2) is 0 Å². The minimum atomic E-state index is -0.462. The van der Waals surface area contributed by atoms with Gasteiger partial charge in [-0.1, -0.05) is 6.92 Å². The molecular weight excluding hydrogens is 312 g/mol. The first-order chi connectivity index (χ1) is 11.4. The Morgan fingerprint density at radius 3 is 2.46 bits per heavy atom. The van der Waals surface area contributed by atoms with E-state index in [1.54, 1.807) is 4.90 Å². The SMILES string of the molecule is CC1(C(=O)N2CCCN(C(=O)Cc3cc(=O)[nH][nH]c3=O)CC2)CC1. The largest absolute Gasteiger partial charge is 0.341 e. The van der Waals surface area contributed by atoms with Crippen LogP contribution >= 0.6 is 0 Å². The van der Waals surface area contributed by atoms with Crippen molar-refractivity contribution >= 4 is 11.8 Å². The molecule has 3 rings (SSSR count). The summed E-state index contributed by atoms with van der Waals surface area (Å²) in [6.07, 6.45) is 2.50. The molecule has 0 spiro atoms. The lowest BCUT2D eigenvalue weighted by molar-refractivity contribution is -0.137. The molecule has 1 aliphatic heterocycles. The van der Waals surface area contributed by atoms with Crippen molar-refractivity contribution in [3.63, 3.8) is 0 Å². The van der Waals surface area contributed by atoms with Crippen LogP contribution in [0.15, 0.2) is 15.7 Å². The number of amides is 2. The zero-order chi connectivity index (χ0) is 17.3. The predicted molar refractivity (Wildman–Crippen MR) is 86.5 cm³/mol. The van der Waals surface area contributed by atoms with Gasteiger partial charge in [-0.15, -0.1) is 0 Å². The second-order valence-corrected chi connectivity index (χ2v) is 6.88. The van der Waals surface area contributed by atoms with Gasteiger partial charge in [0.05, 0.1) is 6.42 Å². The summed E-state index contributed by atoms with van der Waals surface area (Å²) in [5.41, 5.74) is -0.942. The Bertz CT molecular complexity index is 762. The van der Waals surface area contributed by atoms with Gasteiger partial charge in [0.2, 0.25) is 11.8 Å². The maximum atomic E-state index is 12.4. The van der Waals surface area contributed by atoms with Crippen LogP contribution < -0.4 is 11.1 Å². The normalized spacial score (nSPS) is 19.7. The van der Waals surface area contributed by atoms with Gasteiger partial charge < -0.3 is 9.80 Å². The minimum absolute atomic E-state index is 0.106. The van der Waals surface area contributed by atoms with E-state index < -0.39 is 11.1 Å². The van der Waals surface area contributed by atoms with E-state index in [0.717, 1.165) is 25.3 Å². The molecule has 2 aliphatic rings. The van der Waals surface area contributed by atoms with Crippen molar-refractivity contribution in [1.82, 2.24) is 20.0 Å². The molecule has 1 aromatic rings. The first kappa shape index (κ1) is 16.5. The number of nitrogens with zero attached hydrogens (tertiary/aromatic N) is 2. The number of aromatic amines is 2. The number of rotatable bonds is 3. The third-order valence-corrected chi connectivity index (χ3v) is 4.89. The van der Waals surface area contributed by atoms with Crippen LogP contribution in [0.1, 0.15) is 31.7 Å². The van der Waals surface area contributed by atoms with E-state index in [4.69, 9.17) is 0 Å². The summed E-state index contributed by atoms with van der Waals surface area (Å²) >= 11 is 0. The van der Waals surface area contributed by atoms with E-state index in [9.17, 15) is 19.2 Å². The summed E-state index contributed by atoms with van der Waals surface area (Å²) in [5.74, 6) is -0.0131. The molecule has 8 heteroatoms. The van der Waals surface area contributed by atoms with E-state index in [0.29, 0.717) is 26.2 Å². The molecule has 2 N–H and O–H groups in total. The van der Waals surface area contributed by atoms with Crippen molar-refractivity contribution in [2.45, 2.75) is 32.6 Å². The fraction of sp³-hybridized carbons (Fsp3) is 0.625. The van der Waals surface area contributed by atoms with E-state index in [2.05, 4.69) is 10.2 Å². The average molecular weight is 334 g/mol. The van der Waals surface area contributed by atoms with Crippen molar-refractivity contribution in [2.24, 2.45) is 5.41 Å². The van der Waals surface area contributed by atoms with Gasteiger partial charge in [-0.2, -0.15) is 0 Å². The highest BCUT2D eigenvalue weighted by Gasteiger charge is 2.47. The highest BCUT2D eigenvalue weighted by Crippen LogP contribution is 2.46. The number of carbonyl (C=O) groups excluding carboxylic acids is 2. The highest BCUT2D eigenvalue weighted by atomic mass is 16.2. The summed E-state index contributed by atoms with van der Waals surface area (Å²) in [6, 6.07) is 1.15. The lowest BCUT2D eigenvalue weighted by Crippen LogP contribution is -2.40. The van der Waals surface area contributed by atoms with Gasteiger partial charge in [0, 0.05) is 43.2 Å². The van der Waals surface area contributed by atoms with Crippen molar-refractivity contribution in [3.05, 3.63) is 32.3 Å². The van der Waals surface area contributed by atoms with Crippen molar-refractivity contribution in [3.8, 4) is 0 Å². The molecule has 2 fully saturated rings. The summed E-state index contributed by atoms with van der Waals surface area (Å²) in [4.78, 5) is 51.3. The number of hydrogen-bond acceptors (Lipinski definition) is 4. The number of nitrogens with one attached hydrogen (secondary N) is 2. The summed E-state index contributed by atoms with van der Waals surface area (Å²) in [7, 11) is 0. The van der Waals surface area contributed by atoms with Gasteiger partial charge in [-0.05, 0) is 19.3 Å². The zero-order valence-electron chi connectivity index (χ0n) is 13.8. The van der Waals surface area contributed by atoms with Crippen LogP contribution in [-0.4, -0.2) is 58.0 Å². The van der Waals surface area contributed by atoms with Crippen molar-refractivity contribution in [1.29, 1.82) is 0 Å². The van der Waals surface area contributed by atoms with Crippen molar-refractivity contribution < 1.29 is 9.59 Å². The molecule has 0 radical (unpaired) electrons. The number of carbonyl (C=O) groups is 2. The Hall–Kier alpha value is -2.38. The first-order valence-electron chi connectivity index (χ1n) is 8.27. The molecule has 2 amide bonds. The smallest absolute Gasteiger partial charge is 0.266 e. The van der Waals surface area contributed by atoms with E-state index in [1.807, 2.05) is 11.8 Å². The first-order valence-corrected chi connectivity index (χ1v) is 8.27. The molecule has 1 saturated heterocycles. The Labute approximate surface area is 138 Å². The number of hydrogen-bond donors (Lipinski definition) is 2. The lowest BCUT2D eigenvalue weighted by atomic mass is 10.1. The van der Waals surface area contributed by atoms with Crippen LogP contribution in [0, 0.1) is 5.41 Å². The van der Waals surface area contributed by atoms with E-state index in [-0.39, 0.29) is 29.2 Å². The van der Waals surface area contributed by atoms with Crippen LogP contribution in [0.5, 0.6) is 0 Å². The van der Waals surface area contributed by atoms with Crippen molar-refractivity contribution in [2.75, 3.05) is 26.2 Å². The molecule has 1 aliphatic carbocycles. The molecule has 24 heavy (non-hydrogen) atoms. The Kier molecular flexibility index (Phi) is 4.29. The zero-order valence-corrected chi connectivity index (χ0v) is 13.8. The third kappa shape index (κ3) is 3.42. The second-order valence-electron chi connectivity index (χ2n) is 6.88. The molecule has 0 bridgehead atoms. The maximum Gasteiger partial charge on any atom is 0.266 e. The molecule has 2 heterocycles. The monoisotopic (exact) mass is 334 g/mol. The topological polar surface area (TPSA) is 106 Å². The van der Waals surface area contributed by atoms with Gasteiger partial charge in [0.1, 0.15) is 0 Å². The summed E-state index contributed by atoms with van der Waals surface area (Å²) < 4.78 is 0. The number of H-pyrrole nitrogens is 2. The van der Waals surface area contributed by atoms with Gasteiger partial charge in [-0.25, -0.2) is 0 Å². The van der Waals surface area contributed by atoms with Crippen LogP contribution in [0.25, 0.3) is 0 Å². The van der Waals surface area contributed by atoms with Gasteiger partial charge in [0.25, 0.3) is 11.1 Å². The predicted octanol–water partition coefficient (Wildman–Crippen LogP) is -0.533. The van der Waals surface area contributed by atoms with Crippen LogP contribution in [-0.2, 0) is 16.0 Å². The van der Waals surface area contributed by atoms with Crippen LogP contribution in [0.4, 0.5) is 0 Å². The van der Waals surface area contributed by atoms with E-state index >= 15 is 0 Å². The summed E-state index contributed by atoms with van der Waals surface area (Å²) in [5, 5.41) is 4.40. The molecule has 1 aromatic heterocycles. The Morgan fingerprint density at radius 2 is 1.75 bits per heavy atom. The maximum absolute atomic E-state index is 12.4. The molecule has 0 unspecified atom stereocenters. The molecule has 8 nitrogen and oxygen atoms in total. The highest BCUT2D eigenvalue weighted by molar-refractivity contribution is 5.85. The van der Waals surface area contributed by atoms with Crippen LogP contribution in [0.2, 0.25) is 0 Å². The minimum Gasteiger partial charge on any atom is -0.341 e. The molecule has 0 aromatic carbocycles. The fourth-order valence-corrected chi connectivity index (χ4v) is 3.02. The Balaban J connectivity index is 1.62. The van der Waals surface area contributed by atoms with E-state index in [1.165, 1.54) is 0 Å². The lowest BCUT2D eigenvalue weighted by Gasteiger charge is -2.24. The van der Waals surface area contributed by atoms with Gasteiger partial charge in [-0.3, -0.25) is 29.4 Å². The van der Waals surface area contributed by atoms with Gasteiger partial charge >= 0.3 is 0 Å². The quantitative estimate of drug-likeness (QED) is 0.775. The second kappa shape index (κ2) is 6.26. The Morgan fingerprint density at radius 1 is 1.08 bits per heavy atom. The van der Waals surface area contributed by atoms with Crippen LogP contribution in [0.3, 0.4) is 0 Å². The number of aromatic nitrogens is 2. The third-order valence-electron chi connectivity index (χ3n) is 4.89.